The van der Waals surface area contributed by atoms with Crippen molar-refractivity contribution in [3.8, 4) is 5.75 Å². The summed E-state index contributed by atoms with van der Waals surface area (Å²) in [4.78, 5) is 0. The first-order valence-corrected chi connectivity index (χ1v) is 9.39. The first-order chi connectivity index (χ1) is 6.79. The standard InChI is InChI=1S/C9H11O3PSe/c10-13(11-7-4-8-14-13)12-9-5-2-1-3-6-9/h1-3,5-6H,4,7-8H2. The fourth-order valence-corrected chi connectivity index (χ4v) is 6.66. The minimum absolute atomic E-state index is 0.0267. The van der Waals surface area contributed by atoms with E-state index in [1.807, 2.05) is 18.2 Å². The van der Waals surface area contributed by atoms with E-state index in [1.165, 1.54) is 0 Å². The topological polar surface area (TPSA) is 35.5 Å². The van der Waals surface area contributed by atoms with Gasteiger partial charge in [0, 0.05) is 0 Å². The summed E-state index contributed by atoms with van der Waals surface area (Å²) in [6.07, 6.45) is -1.77. The van der Waals surface area contributed by atoms with E-state index in [9.17, 15) is 4.57 Å². The molecular formula is C9H11O3PSe. The van der Waals surface area contributed by atoms with Crippen LogP contribution in [0.3, 0.4) is 0 Å². The van der Waals surface area contributed by atoms with Crippen molar-refractivity contribution < 1.29 is 13.6 Å². The maximum atomic E-state index is 12.0. The molecule has 0 bridgehead atoms. The van der Waals surface area contributed by atoms with Crippen LogP contribution in [0.5, 0.6) is 5.75 Å². The second-order valence-corrected chi connectivity index (χ2v) is 9.76. The van der Waals surface area contributed by atoms with E-state index in [1.54, 1.807) is 12.1 Å². The van der Waals surface area contributed by atoms with E-state index in [0.717, 1.165) is 11.7 Å². The van der Waals surface area contributed by atoms with Crippen LogP contribution >= 0.6 is 6.29 Å². The molecule has 76 valence electrons. The molecule has 0 amide bonds. The molecule has 1 atom stereocenters. The maximum absolute atomic E-state index is 12.0. The minimum atomic E-state index is -2.77. The van der Waals surface area contributed by atoms with Crippen molar-refractivity contribution in [2.45, 2.75) is 11.7 Å². The molecule has 0 saturated carbocycles. The molecule has 1 unspecified atom stereocenters. The Morgan fingerprint density at radius 2 is 2.14 bits per heavy atom. The SMILES string of the molecule is O=P1(Oc2ccccc2)OCCC[Se]1. The molecule has 1 aromatic carbocycles. The fourth-order valence-electron chi connectivity index (χ4n) is 1.11. The monoisotopic (exact) mass is 278 g/mol. The summed E-state index contributed by atoms with van der Waals surface area (Å²) >= 11 is -0.0267. The summed E-state index contributed by atoms with van der Waals surface area (Å²) in [7, 11) is 0. The summed E-state index contributed by atoms with van der Waals surface area (Å²) in [5.41, 5.74) is 0. The van der Waals surface area contributed by atoms with E-state index in [2.05, 4.69) is 0 Å². The molecule has 1 saturated heterocycles. The van der Waals surface area contributed by atoms with Gasteiger partial charge in [-0.3, -0.25) is 0 Å². The molecule has 1 fully saturated rings. The Morgan fingerprint density at radius 1 is 1.36 bits per heavy atom. The molecule has 2 rings (SSSR count). The van der Waals surface area contributed by atoms with Crippen LogP contribution in [0.1, 0.15) is 6.42 Å². The summed E-state index contributed by atoms with van der Waals surface area (Å²) in [5, 5.41) is 0.983. The Hall–Kier alpha value is -0.271. The molecule has 1 aromatic rings. The number of benzene rings is 1. The van der Waals surface area contributed by atoms with Gasteiger partial charge in [0.1, 0.15) is 0 Å². The van der Waals surface area contributed by atoms with Crippen molar-refractivity contribution >= 4 is 20.8 Å². The third kappa shape index (κ3) is 2.61. The van der Waals surface area contributed by atoms with Gasteiger partial charge in [-0.25, -0.2) is 0 Å². The van der Waals surface area contributed by atoms with E-state index >= 15 is 0 Å². The molecular weight excluding hydrogens is 266 g/mol. The van der Waals surface area contributed by atoms with Crippen LogP contribution in [0.2, 0.25) is 5.32 Å². The molecule has 1 aliphatic rings. The Kier molecular flexibility index (Phi) is 3.30. The molecule has 3 nitrogen and oxygen atoms in total. The second kappa shape index (κ2) is 4.50. The molecule has 0 spiro atoms. The zero-order chi connectivity index (χ0) is 9.86. The van der Waals surface area contributed by atoms with Crippen LogP contribution in [0.25, 0.3) is 0 Å². The zero-order valence-corrected chi connectivity index (χ0v) is 10.2. The summed E-state index contributed by atoms with van der Waals surface area (Å²) in [6, 6.07) is 9.22. The van der Waals surface area contributed by atoms with Gasteiger partial charge in [0.25, 0.3) is 0 Å². The van der Waals surface area contributed by atoms with Crippen LogP contribution in [-0.2, 0) is 9.09 Å². The molecule has 0 N–H and O–H groups in total. The molecule has 0 aromatic heterocycles. The van der Waals surface area contributed by atoms with Gasteiger partial charge in [-0.2, -0.15) is 0 Å². The van der Waals surface area contributed by atoms with Gasteiger partial charge in [-0.05, 0) is 0 Å². The van der Waals surface area contributed by atoms with Gasteiger partial charge < -0.3 is 0 Å². The average Bonchev–Trinajstić information content (AvgIpc) is 2.19. The van der Waals surface area contributed by atoms with Crippen molar-refractivity contribution in [3.63, 3.8) is 0 Å². The second-order valence-electron chi connectivity index (χ2n) is 2.87. The van der Waals surface area contributed by atoms with E-state index < -0.39 is 6.29 Å². The third-order valence-electron chi connectivity index (χ3n) is 1.75. The molecule has 1 heterocycles. The molecule has 0 aliphatic carbocycles. The molecule has 1 aliphatic heterocycles. The fraction of sp³-hybridized carbons (Fsp3) is 0.333. The van der Waals surface area contributed by atoms with Crippen LogP contribution in [0.4, 0.5) is 0 Å². The molecule has 5 heteroatoms. The van der Waals surface area contributed by atoms with Crippen molar-refractivity contribution in [1.82, 2.24) is 0 Å². The Labute approximate surface area is 89.1 Å². The summed E-state index contributed by atoms with van der Waals surface area (Å²) < 4.78 is 22.6. The molecule has 0 radical (unpaired) electrons. The third-order valence-corrected chi connectivity index (χ3v) is 8.06. The van der Waals surface area contributed by atoms with Gasteiger partial charge in [0.2, 0.25) is 0 Å². The van der Waals surface area contributed by atoms with Crippen LogP contribution in [-0.4, -0.2) is 21.1 Å². The van der Waals surface area contributed by atoms with E-state index in [0.29, 0.717) is 12.4 Å². The zero-order valence-electron chi connectivity index (χ0n) is 7.59. The van der Waals surface area contributed by atoms with E-state index in [4.69, 9.17) is 9.05 Å². The number of hydrogen-bond donors (Lipinski definition) is 0. The van der Waals surface area contributed by atoms with E-state index in [-0.39, 0.29) is 14.5 Å². The Bertz CT molecular complexity index is 331. The van der Waals surface area contributed by atoms with Crippen LogP contribution in [0, 0.1) is 0 Å². The number of para-hydroxylation sites is 1. The number of rotatable bonds is 2. The normalized spacial score (nSPS) is 27.1. The van der Waals surface area contributed by atoms with Gasteiger partial charge in [-0.1, -0.05) is 0 Å². The van der Waals surface area contributed by atoms with Gasteiger partial charge in [0.15, 0.2) is 0 Å². The Balaban J connectivity index is 2.06. The van der Waals surface area contributed by atoms with Crippen LogP contribution < -0.4 is 4.52 Å². The first kappa shape index (κ1) is 10.3. The van der Waals surface area contributed by atoms with Crippen molar-refractivity contribution in [3.05, 3.63) is 30.3 Å². The van der Waals surface area contributed by atoms with Gasteiger partial charge in [0.05, 0.1) is 0 Å². The predicted octanol–water partition coefficient (Wildman–Crippen LogP) is 2.72. The van der Waals surface area contributed by atoms with Crippen LogP contribution in [0.15, 0.2) is 30.3 Å². The number of hydrogen-bond acceptors (Lipinski definition) is 3. The van der Waals surface area contributed by atoms with Gasteiger partial charge in [-0.15, -0.1) is 0 Å². The van der Waals surface area contributed by atoms with Crippen molar-refractivity contribution in [1.29, 1.82) is 0 Å². The van der Waals surface area contributed by atoms with Crippen molar-refractivity contribution in [2.75, 3.05) is 6.61 Å². The quantitative estimate of drug-likeness (QED) is 0.616. The molecule has 14 heavy (non-hydrogen) atoms. The summed E-state index contributed by atoms with van der Waals surface area (Å²) in [6.45, 7) is 0.561. The summed E-state index contributed by atoms with van der Waals surface area (Å²) in [5.74, 6) is 0.639. The van der Waals surface area contributed by atoms with Crippen molar-refractivity contribution in [2.24, 2.45) is 0 Å². The first-order valence-electron chi connectivity index (χ1n) is 4.42. The Morgan fingerprint density at radius 3 is 2.79 bits per heavy atom. The van der Waals surface area contributed by atoms with Gasteiger partial charge >= 0.3 is 88.8 Å². The average molecular weight is 277 g/mol. The predicted molar refractivity (Wildman–Crippen MR) is 55.8 cm³/mol.